The zero-order valence-corrected chi connectivity index (χ0v) is 13.2. The number of rotatable bonds is 3. The van der Waals surface area contributed by atoms with Crippen LogP contribution in [-0.2, 0) is 16.1 Å². The van der Waals surface area contributed by atoms with Gasteiger partial charge in [-0.2, -0.15) is 0 Å². The Bertz CT molecular complexity index is 769. The smallest absolute Gasteiger partial charge is 0.196 e. The molecule has 0 fully saturated rings. The van der Waals surface area contributed by atoms with Crippen LogP contribution in [0.1, 0.15) is 18.1 Å². The van der Waals surface area contributed by atoms with Gasteiger partial charge in [-0.3, -0.25) is 0 Å². The van der Waals surface area contributed by atoms with E-state index in [1.54, 1.807) is 11.4 Å². The van der Waals surface area contributed by atoms with Gasteiger partial charge >= 0.3 is 0 Å². The summed E-state index contributed by atoms with van der Waals surface area (Å²) in [6.45, 7) is 2.58. The van der Waals surface area contributed by atoms with E-state index in [1.807, 2.05) is 31.2 Å². The Morgan fingerprint density at radius 1 is 1.32 bits per heavy atom. The second-order valence-electron chi connectivity index (χ2n) is 4.92. The number of fused-ring (bicyclic) bond motifs is 1. The Hall–Kier alpha value is -2.37. The fourth-order valence-electron chi connectivity index (χ4n) is 2.46. The normalized spacial score (nSPS) is 20.9. The molecule has 1 atom stereocenters. The molecule has 0 bridgehead atoms. The zero-order chi connectivity index (χ0) is 15.4. The van der Waals surface area contributed by atoms with Gasteiger partial charge in [-0.05, 0) is 24.6 Å². The lowest BCUT2D eigenvalue weighted by Gasteiger charge is -2.14. The standard InChI is InChI=1S/C20H16OS/c1-3-15-9-8-10-16(13-15)20-18(14-21-4-2)17-11-6-5-7-12-19(17)22-20/h1,5-13,17H,4H2,2H3. The van der Waals surface area contributed by atoms with Crippen LogP contribution in [-0.4, -0.2) is 11.5 Å². The van der Waals surface area contributed by atoms with Gasteiger partial charge in [-0.15, -0.1) is 12.0 Å². The van der Waals surface area contributed by atoms with Crippen molar-refractivity contribution in [2.24, 2.45) is 5.92 Å². The highest BCUT2D eigenvalue weighted by Gasteiger charge is 2.32. The monoisotopic (exact) mass is 304 g/mol. The average Bonchev–Trinajstić information content (AvgIpc) is 2.74. The van der Waals surface area contributed by atoms with E-state index in [0.717, 1.165) is 16.7 Å². The van der Waals surface area contributed by atoms with Crippen molar-refractivity contribution in [1.82, 2.24) is 0 Å². The fourth-order valence-corrected chi connectivity index (χ4v) is 3.69. The molecule has 1 heterocycles. The van der Waals surface area contributed by atoms with Gasteiger partial charge in [-0.1, -0.05) is 54.7 Å². The summed E-state index contributed by atoms with van der Waals surface area (Å²) in [5.41, 5.74) is 3.08. The number of hydrogen-bond acceptors (Lipinski definition) is 1. The van der Waals surface area contributed by atoms with Crippen molar-refractivity contribution < 1.29 is 4.74 Å². The Morgan fingerprint density at radius 2 is 2.23 bits per heavy atom. The Morgan fingerprint density at radius 3 is 3.05 bits per heavy atom. The van der Waals surface area contributed by atoms with Crippen molar-refractivity contribution in [3.8, 4) is 12.3 Å². The van der Waals surface area contributed by atoms with Crippen LogP contribution in [0.3, 0.4) is 0 Å². The van der Waals surface area contributed by atoms with Crippen molar-refractivity contribution in [1.29, 1.82) is 0 Å². The topological polar surface area (TPSA) is 9.23 Å². The van der Waals surface area contributed by atoms with Gasteiger partial charge in [-0.25, -0.2) is 0 Å². The van der Waals surface area contributed by atoms with Crippen LogP contribution in [0.15, 0.2) is 65.1 Å². The van der Waals surface area contributed by atoms with Gasteiger partial charge in [0.2, 0.25) is 0 Å². The van der Waals surface area contributed by atoms with Gasteiger partial charge in [0, 0.05) is 5.56 Å². The molecule has 3 rings (SSSR count). The first-order valence-electron chi connectivity index (χ1n) is 7.25. The lowest BCUT2D eigenvalue weighted by Crippen LogP contribution is -2.08. The summed E-state index contributed by atoms with van der Waals surface area (Å²) < 4.78 is 5.47. The van der Waals surface area contributed by atoms with E-state index in [2.05, 4.69) is 42.6 Å². The number of allylic oxidation sites excluding steroid dienone is 7. The second-order valence-corrected chi connectivity index (χ2v) is 6.01. The molecule has 1 unspecified atom stereocenters. The predicted octanol–water partition coefficient (Wildman–Crippen LogP) is 3.63. The molecule has 0 saturated heterocycles. The molecule has 2 aliphatic rings. The molecule has 1 aliphatic carbocycles. The van der Waals surface area contributed by atoms with Crippen LogP contribution in [0.5, 0.6) is 0 Å². The predicted molar refractivity (Wildman–Crippen MR) is 94.1 cm³/mol. The van der Waals surface area contributed by atoms with E-state index in [9.17, 15) is 0 Å². The highest BCUT2D eigenvalue weighted by molar-refractivity contribution is 7.84. The maximum atomic E-state index is 5.52. The molecular formula is C20H16OS. The van der Waals surface area contributed by atoms with Crippen molar-refractivity contribution in [3.63, 3.8) is 0 Å². The Balaban J connectivity index is 2.09. The molecule has 1 aromatic carbocycles. The number of hydrogen-bond donors (Lipinski definition) is 0. The van der Waals surface area contributed by atoms with Crippen LogP contribution in [0.2, 0.25) is 0 Å². The molecule has 1 aliphatic heterocycles. The molecule has 108 valence electrons. The first kappa shape index (κ1) is 14.6. The van der Waals surface area contributed by atoms with Crippen LogP contribution in [0, 0.1) is 24.5 Å². The summed E-state index contributed by atoms with van der Waals surface area (Å²) in [6, 6.07) is 8.07. The van der Waals surface area contributed by atoms with Gasteiger partial charge in [0.25, 0.3) is 0 Å². The van der Waals surface area contributed by atoms with Gasteiger partial charge in [0.1, 0.15) is 11.4 Å². The summed E-state index contributed by atoms with van der Waals surface area (Å²) in [6.07, 6.45) is 19.2. The van der Waals surface area contributed by atoms with E-state index in [0.29, 0.717) is 6.61 Å². The number of benzene rings is 1. The van der Waals surface area contributed by atoms with E-state index in [4.69, 9.17) is 11.2 Å². The maximum absolute atomic E-state index is 5.52. The highest BCUT2D eigenvalue weighted by Crippen LogP contribution is 2.33. The molecule has 0 radical (unpaired) electrons. The first-order chi connectivity index (χ1) is 10.8. The van der Waals surface area contributed by atoms with E-state index >= 15 is 0 Å². The van der Waals surface area contributed by atoms with Crippen LogP contribution >= 0.6 is 0 Å². The zero-order valence-electron chi connectivity index (χ0n) is 12.4. The lowest BCUT2D eigenvalue weighted by molar-refractivity contribution is 0.244. The lowest BCUT2D eigenvalue weighted by atomic mass is 9.93. The van der Waals surface area contributed by atoms with Crippen LogP contribution < -0.4 is 0 Å². The van der Waals surface area contributed by atoms with E-state index in [1.165, 1.54) is 9.77 Å². The molecule has 1 nitrogen and oxygen atoms in total. The number of terminal acetylenes is 1. The maximum Gasteiger partial charge on any atom is 0.196 e. The van der Waals surface area contributed by atoms with E-state index in [-0.39, 0.29) is 5.92 Å². The molecule has 1 aromatic rings. The largest absolute Gasteiger partial charge is 0.593 e. The van der Waals surface area contributed by atoms with Gasteiger partial charge in [0.05, 0.1) is 17.4 Å². The third-order valence-electron chi connectivity index (χ3n) is 3.49. The summed E-state index contributed by atoms with van der Waals surface area (Å²) in [5.74, 6) is 2.90. The molecule has 22 heavy (non-hydrogen) atoms. The average molecular weight is 304 g/mol. The SMILES string of the molecule is C#Cc1cccc(C2=[S+]C3=CC=CC=CC3C2=[C-]OCC)c1. The molecular weight excluding hydrogens is 288 g/mol. The van der Waals surface area contributed by atoms with Gasteiger partial charge < -0.3 is 4.74 Å². The number of ether oxygens (including phenoxy) is 1. The first-order valence-corrected chi connectivity index (χ1v) is 8.07. The third kappa shape index (κ3) is 2.81. The fraction of sp³-hybridized carbons (Fsp3) is 0.150. The van der Waals surface area contributed by atoms with Crippen molar-refractivity contribution >= 4 is 16.2 Å². The third-order valence-corrected chi connectivity index (χ3v) is 4.77. The Labute approximate surface area is 135 Å². The molecule has 2 heteroatoms. The van der Waals surface area contributed by atoms with Crippen molar-refractivity contribution in [2.75, 3.05) is 6.61 Å². The molecule has 0 aromatic heterocycles. The van der Waals surface area contributed by atoms with Gasteiger partial charge in [0.15, 0.2) is 4.91 Å². The minimum atomic E-state index is 0.205. The molecule has 0 spiro atoms. The second kappa shape index (κ2) is 6.60. The summed E-state index contributed by atoms with van der Waals surface area (Å²) in [7, 11) is 0. The minimum absolute atomic E-state index is 0.205. The van der Waals surface area contributed by atoms with Crippen molar-refractivity contribution in [3.05, 3.63) is 82.5 Å². The molecule has 0 amide bonds. The van der Waals surface area contributed by atoms with E-state index < -0.39 is 0 Å². The van der Waals surface area contributed by atoms with Crippen LogP contribution in [0.25, 0.3) is 0 Å². The summed E-state index contributed by atoms with van der Waals surface area (Å²) >= 11 is 1.77. The molecule has 0 saturated carbocycles. The minimum Gasteiger partial charge on any atom is -0.593 e. The quantitative estimate of drug-likeness (QED) is 0.207. The van der Waals surface area contributed by atoms with Crippen LogP contribution in [0.4, 0.5) is 0 Å². The Kier molecular flexibility index (Phi) is 4.37. The molecule has 0 N–H and O–H groups in total. The summed E-state index contributed by atoms with van der Waals surface area (Å²) in [5, 5.41) is 0. The summed E-state index contributed by atoms with van der Waals surface area (Å²) in [4.78, 5) is 2.45. The van der Waals surface area contributed by atoms with Crippen molar-refractivity contribution in [2.45, 2.75) is 6.92 Å². The highest BCUT2D eigenvalue weighted by atomic mass is 32.1.